The molecule has 8 aliphatic rings. The van der Waals surface area contributed by atoms with Gasteiger partial charge < -0.3 is 278 Å². The maximum absolute atomic E-state index is 10.7. The van der Waals surface area contributed by atoms with E-state index in [9.17, 15) is 202 Å². The van der Waals surface area contributed by atoms with Crippen LogP contribution >= 0.6 is 0 Å². The maximum Gasteiger partial charge on any atom is 1.00 e. The van der Waals surface area contributed by atoms with Crippen molar-refractivity contribution in [3.8, 4) is 0 Å². The predicted molar refractivity (Wildman–Crippen MR) is 383 cm³/mol. The third-order valence-electron chi connectivity index (χ3n) is 19.0. The second-order valence-corrected chi connectivity index (χ2v) is 29.5. The largest absolute Gasteiger partial charge is 1.00 e. The van der Waals surface area contributed by atoms with Crippen LogP contribution in [0.3, 0.4) is 0 Å². The van der Waals surface area contributed by atoms with Gasteiger partial charge in [-0.3, -0.25) is 0 Å². The Hall–Kier alpha value is 2.16. The van der Waals surface area contributed by atoms with Crippen molar-refractivity contribution < 1.29 is 514 Å². The van der Waals surface area contributed by atoms with Crippen LogP contribution in [0, 0.1) is 0 Å². The third-order valence-corrected chi connectivity index (χ3v) is 19.0. The number of aliphatic hydroxyl groups is 24. The van der Waals surface area contributed by atoms with Crippen molar-refractivity contribution in [2.75, 3.05) is 19.8 Å². The monoisotopic (exact) mass is 2060 g/mol. The van der Waals surface area contributed by atoms with E-state index in [0.717, 1.165) is 0 Å². The van der Waals surface area contributed by atoms with Crippen molar-refractivity contribution in [2.45, 2.75) is 385 Å². The molecule has 64 heteroatoms. The van der Waals surface area contributed by atoms with Gasteiger partial charge in [0.2, 0.25) is 0 Å². The van der Waals surface area contributed by atoms with E-state index in [4.69, 9.17) is 75.8 Å². The minimum absolute atomic E-state index is 0. The van der Waals surface area contributed by atoms with Crippen molar-refractivity contribution >= 4 is 47.8 Å². The van der Waals surface area contributed by atoms with Crippen LogP contribution in [0.5, 0.6) is 0 Å². The number of carboxylic acids is 8. The van der Waals surface area contributed by atoms with Gasteiger partial charge in [0.1, 0.15) is 195 Å². The first-order valence-corrected chi connectivity index (χ1v) is 39.6. The van der Waals surface area contributed by atoms with E-state index in [1.54, 1.807) is 69.2 Å². The van der Waals surface area contributed by atoms with E-state index in [1.807, 2.05) is 20.8 Å². The molecular weight excluding hydrogens is 1940 g/mol. The van der Waals surface area contributed by atoms with Gasteiger partial charge >= 0.3 is 236 Å². The van der Waals surface area contributed by atoms with E-state index in [-0.39, 0.29) is 287 Å². The molecule has 136 heavy (non-hydrogen) atoms. The summed E-state index contributed by atoms with van der Waals surface area (Å²) in [4.78, 5) is 84.8. The van der Waals surface area contributed by atoms with Crippen LogP contribution in [-0.4, -0.2) is 466 Å². The Kier molecular flexibility index (Phi) is 85.5. The second kappa shape index (κ2) is 75.8. The molecule has 8 saturated heterocycles. The average Bonchev–Trinajstić information content (AvgIpc) is 0.739. The van der Waals surface area contributed by atoms with Crippen molar-refractivity contribution in [3.63, 3.8) is 0 Å². The number of aliphatic carboxylic acids is 8. The van der Waals surface area contributed by atoms with Crippen molar-refractivity contribution in [3.05, 3.63) is 0 Å². The molecule has 0 aliphatic carbocycles. The van der Waals surface area contributed by atoms with Gasteiger partial charge in [0.05, 0.1) is 78.3 Å². The van der Waals surface area contributed by atoms with Gasteiger partial charge in [-0.25, -0.2) is 0 Å². The molecule has 56 nitrogen and oxygen atoms in total. The summed E-state index contributed by atoms with van der Waals surface area (Å²) in [7, 11) is 0. The Bertz CT molecular complexity index is 2990. The molecule has 8 aliphatic heterocycles. The summed E-state index contributed by atoms with van der Waals surface area (Å²) >= 11 is 0. The molecule has 0 aromatic rings. The number of aliphatic hydroxyl groups excluding tert-OH is 24. The van der Waals surface area contributed by atoms with Gasteiger partial charge in [0, 0.05) is 19.8 Å². The number of carbonyl (C=O) groups is 8. The Labute approximate surface area is 955 Å². The zero-order chi connectivity index (χ0) is 99.2. The zero-order valence-corrected chi connectivity index (χ0v) is 95.0. The molecule has 752 valence electrons. The van der Waals surface area contributed by atoms with Crippen LogP contribution in [0.4, 0.5) is 0 Å². The fourth-order valence-electron chi connectivity index (χ4n) is 11.3. The Morgan fingerprint density at radius 1 is 0.199 bits per heavy atom. The summed E-state index contributed by atoms with van der Waals surface area (Å²) in [5.74, 6) is -13.3. The van der Waals surface area contributed by atoms with Crippen molar-refractivity contribution in [2.24, 2.45) is 0 Å². The van der Waals surface area contributed by atoms with Gasteiger partial charge in [-0.2, -0.15) is 0 Å². The summed E-state index contributed by atoms with van der Waals surface area (Å²) in [6.07, 6.45) is -62.8. The Morgan fingerprint density at radius 2 is 0.309 bits per heavy atom. The Balaban J connectivity index is -0.000000228. The van der Waals surface area contributed by atoms with Gasteiger partial charge in [-0.05, 0) is 88.5 Å². The number of ether oxygens (including phenoxy) is 16. The fourth-order valence-corrected chi connectivity index (χ4v) is 11.3. The maximum atomic E-state index is 10.7. The van der Waals surface area contributed by atoms with E-state index in [1.165, 1.54) is 0 Å². The van der Waals surface area contributed by atoms with Gasteiger partial charge in [-0.1, -0.05) is 20.8 Å². The van der Waals surface area contributed by atoms with Gasteiger partial charge in [-0.15, -0.1) is 0 Å². The van der Waals surface area contributed by atoms with E-state index in [0.29, 0.717) is 19.3 Å². The molecule has 43 atom stereocenters. The summed E-state index contributed by atoms with van der Waals surface area (Å²) in [6, 6.07) is 0. The molecule has 0 saturated carbocycles. The predicted octanol–water partition coefficient (Wildman–Crippen LogP) is -48.2. The number of carboxylic acid groups (broad SMARTS) is 8. The molecule has 0 radical (unpaired) electrons. The topological polar surface area (TPSA) is 954 Å². The van der Waals surface area contributed by atoms with Crippen LogP contribution in [-0.2, 0) is 114 Å². The fraction of sp³-hybridized carbons (Fsp3) is 0.889. The SMILES string of the molecule is CC(C)O[C@H]1OC(C(=O)[O-])[C@@H](O)[C@H](O)C1O.CC(C)O[C@H]1OC(C(=O)[O-])[C@H](O)[C@H](O)C1O.CCC(C)O[C@H]1OC(C(=O)[O-])[C@@H](O)[C@H](O)C1O.CCC(C)O[C@H]1OC(C(=O)[O-])[C@@H](O)[C@H](O)C1O.CCC(C)O[C@H]1OC(C(=O)[O-])[C@H](O)[C@H](O)C1O.CCO[C@H]1OC(C(=O)[O-])[C@@H](O)[C@H](O)C1O.CCO[C@H]1OC(C(=O)[O-])[C@@H](O)[C@H](O)C1O.CCO[C@H]1OC(C(=O)[O-])[C@H](O)[C@H](O)C1O.[Na+].[Na+].[Na+].[Na+].[Na+].[Na+].[Na+].[Na+]. The average molecular weight is 2070 g/mol. The first-order chi connectivity index (χ1) is 59.3. The van der Waals surface area contributed by atoms with Crippen molar-refractivity contribution in [1.29, 1.82) is 0 Å². The molecule has 19 unspecified atom stereocenters. The van der Waals surface area contributed by atoms with E-state index < -0.39 is 293 Å². The number of rotatable bonds is 27. The number of hydrogen-bond acceptors (Lipinski definition) is 56. The number of carbonyl (C=O) groups excluding carboxylic acids is 8. The normalized spacial score (nSPS) is 38.1. The third kappa shape index (κ3) is 47.4. The zero-order valence-electron chi connectivity index (χ0n) is 79.0. The van der Waals surface area contributed by atoms with E-state index in [2.05, 4.69) is 0 Å². The number of hydrogen-bond donors (Lipinski definition) is 24. The van der Waals surface area contributed by atoms with Crippen molar-refractivity contribution in [1.82, 2.24) is 0 Å². The minimum Gasteiger partial charge on any atom is -0.547 e. The molecular formula is C72H120Na8O56. The second-order valence-electron chi connectivity index (χ2n) is 29.5. The molecule has 0 bridgehead atoms. The standard InChI is InChI=1S/3C10H18O7.2C9H16O7.3C8H14O7.8Na/c3*1-3-4(2)16-10-7(13)5(11)6(12)8(17-10)9(14)15;2*1-3(2)15-9-6(12)4(10)5(11)7(16-9)8(13)14;3*1-2-14-8-5(11)3(9)4(10)6(15-8)7(12)13;;;;;;;;/h3*4-8,10-13H,3H2,1-2H3,(H,14,15);2*3-7,9-12H,1-2H3,(H,13,14);3*3-6,8-11H,2H2,1H3,(H,12,13);;;;;;;;/q;;;;;;;;8*+1/p-8/t4?,5-,6+,7?,8?,10-;2*4?,5-,6-,7?,8?,10-;4-,5+,6?,7?,9-;4-,5-,6?,7?,9-;3-,4+,5?,6?,8-;2*3-,4-,5?,6?,8-;;;;;;;;/m00000000......../s1. The van der Waals surface area contributed by atoms with Crippen LogP contribution in [0.2, 0.25) is 0 Å². The summed E-state index contributed by atoms with van der Waals surface area (Å²) in [6.45, 7) is 22.6. The van der Waals surface area contributed by atoms with E-state index >= 15 is 0 Å². The van der Waals surface area contributed by atoms with Gasteiger partial charge in [0.15, 0.2) is 50.3 Å². The van der Waals surface area contributed by atoms with Gasteiger partial charge in [0.25, 0.3) is 0 Å². The molecule has 8 heterocycles. The minimum atomic E-state index is -1.74. The molecule has 8 fully saturated rings. The molecule has 0 aromatic carbocycles. The molecule has 8 rings (SSSR count). The van der Waals surface area contributed by atoms with Crippen LogP contribution < -0.4 is 277 Å². The van der Waals surface area contributed by atoms with Crippen LogP contribution in [0.15, 0.2) is 0 Å². The summed E-state index contributed by atoms with van der Waals surface area (Å²) in [5, 5.41) is 310. The van der Waals surface area contributed by atoms with Crippen LogP contribution in [0.25, 0.3) is 0 Å². The first-order valence-electron chi connectivity index (χ1n) is 39.6. The Morgan fingerprint density at radius 3 is 0.412 bits per heavy atom. The molecule has 0 aromatic heterocycles. The first kappa shape index (κ1) is 153. The quantitative estimate of drug-likeness (QED) is 0.0340. The molecule has 0 spiro atoms. The summed E-state index contributed by atoms with van der Waals surface area (Å²) in [5.41, 5.74) is 0. The summed E-state index contributed by atoms with van der Waals surface area (Å²) < 4.78 is 78.8. The molecule has 0 amide bonds. The smallest absolute Gasteiger partial charge is 0.547 e. The van der Waals surface area contributed by atoms with Crippen LogP contribution in [0.1, 0.15) is 109 Å². The molecule has 24 N–H and O–H groups in total.